The molecule has 1 aliphatic heterocycles. The Hall–Kier alpha value is -0.780. The van der Waals surface area contributed by atoms with E-state index in [0.717, 1.165) is 24.2 Å². The molecule has 3 nitrogen and oxygen atoms in total. The lowest BCUT2D eigenvalue weighted by atomic mass is 10.0. The second-order valence-electron chi connectivity index (χ2n) is 5.78. The molecule has 0 aromatic rings. The molecule has 0 bridgehead atoms. The number of alkyl halides is 3. The number of carbonyl (C=O) groups excluding carboxylic acids is 1. The van der Waals surface area contributed by atoms with Crippen molar-refractivity contribution < 1.29 is 23.1 Å². The van der Waals surface area contributed by atoms with Crippen LogP contribution in [0.25, 0.3) is 0 Å². The lowest BCUT2D eigenvalue weighted by Gasteiger charge is -2.26. The molecule has 1 atom stereocenters. The minimum atomic E-state index is -4.66. The zero-order chi connectivity index (χ0) is 14.1. The SMILES string of the molecule is O=C(CCC1CCCC1)N1CC[C@@](O)(C(F)(F)F)C1. The smallest absolute Gasteiger partial charge is 0.379 e. The first-order valence-corrected chi connectivity index (χ1v) is 6.89. The first-order chi connectivity index (χ1) is 8.82. The van der Waals surface area contributed by atoms with Crippen molar-refractivity contribution in [2.75, 3.05) is 13.1 Å². The Labute approximate surface area is 110 Å². The topological polar surface area (TPSA) is 40.5 Å². The van der Waals surface area contributed by atoms with E-state index < -0.39 is 24.7 Å². The molecular weight excluding hydrogens is 259 g/mol. The zero-order valence-corrected chi connectivity index (χ0v) is 10.9. The maximum absolute atomic E-state index is 12.6. The molecule has 1 saturated heterocycles. The molecule has 0 spiro atoms. The number of rotatable bonds is 3. The first-order valence-electron chi connectivity index (χ1n) is 6.89. The van der Waals surface area contributed by atoms with Gasteiger partial charge in [0.05, 0.1) is 6.54 Å². The van der Waals surface area contributed by atoms with Crippen molar-refractivity contribution in [1.82, 2.24) is 4.90 Å². The Balaban J connectivity index is 1.81. The van der Waals surface area contributed by atoms with Gasteiger partial charge in [-0.3, -0.25) is 4.79 Å². The standard InChI is InChI=1S/C13H20F3NO2/c14-13(15,16)12(19)7-8-17(9-12)11(18)6-5-10-3-1-2-4-10/h10,19H,1-9H2/t12-/m0/s1. The molecule has 19 heavy (non-hydrogen) atoms. The van der Waals surface area contributed by atoms with Crippen molar-refractivity contribution in [3.63, 3.8) is 0 Å². The summed E-state index contributed by atoms with van der Waals surface area (Å²) in [7, 11) is 0. The molecule has 1 N–H and O–H groups in total. The molecule has 2 aliphatic rings. The highest BCUT2D eigenvalue weighted by atomic mass is 19.4. The average Bonchev–Trinajstić information content (AvgIpc) is 2.94. The number of β-amino-alcohol motifs (C(OH)–C–C–N with tert-alkyl or cyclic N) is 1. The number of aliphatic hydroxyl groups is 1. The third-order valence-corrected chi connectivity index (χ3v) is 4.37. The Kier molecular flexibility index (Phi) is 4.08. The number of carbonyl (C=O) groups is 1. The number of amides is 1. The van der Waals surface area contributed by atoms with Gasteiger partial charge in [-0.15, -0.1) is 0 Å². The van der Waals surface area contributed by atoms with Gasteiger partial charge < -0.3 is 10.0 Å². The van der Waals surface area contributed by atoms with E-state index in [2.05, 4.69) is 0 Å². The van der Waals surface area contributed by atoms with E-state index >= 15 is 0 Å². The van der Waals surface area contributed by atoms with E-state index in [1.807, 2.05) is 0 Å². The summed E-state index contributed by atoms with van der Waals surface area (Å²) in [6, 6.07) is 0. The molecule has 1 aliphatic carbocycles. The fraction of sp³-hybridized carbons (Fsp3) is 0.923. The Bertz CT molecular complexity index is 339. The molecule has 1 saturated carbocycles. The van der Waals surface area contributed by atoms with E-state index in [4.69, 9.17) is 0 Å². The summed E-state index contributed by atoms with van der Waals surface area (Å²) >= 11 is 0. The van der Waals surface area contributed by atoms with Crippen LogP contribution in [0, 0.1) is 5.92 Å². The summed E-state index contributed by atoms with van der Waals surface area (Å²) in [5.41, 5.74) is -2.71. The molecule has 2 rings (SSSR count). The molecule has 0 aromatic heterocycles. The fourth-order valence-electron chi connectivity index (χ4n) is 3.02. The van der Waals surface area contributed by atoms with E-state index in [9.17, 15) is 23.1 Å². The molecule has 1 heterocycles. The minimum Gasteiger partial charge on any atom is -0.379 e. The lowest BCUT2D eigenvalue weighted by molar-refractivity contribution is -0.253. The highest BCUT2D eigenvalue weighted by Crippen LogP contribution is 2.38. The summed E-state index contributed by atoms with van der Waals surface area (Å²) < 4.78 is 37.9. The fourth-order valence-corrected chi connectivity index (χ4v) is 3.02. The van der Waals surface area contributed by atoms with Crippen LogP contribution in [0.1, 0.15) is 44.9 Å². The maximum Gasteiger partial charge on any atom is 0.419 e. The quantitative estimate of drug-likeness (QED) is 0.862. The van der Waals surface area contributed by atoms with Crippen LogP contribution in [0.5, 0.6) is 0 Å². The Morgan fingerprint density at radius 3 is 2.47 bits per heavy atom. The van der Waals surface area contributed by atoms with Crippen molar-refractivity contribution in [3.8, 4) is 0 Å². The molecule has 110 valence electrons. The van der Waals surface area contributed by atoms with Gasteiger partial charge in [-0.25, -0.2) is 0 Å². The molecule has 1 amide bonds. The van der Waals surface area contributed by atoms with Crippen LogP contribution >= 0.6 is 0 Å². The Morgan fingerprint density at radius 1 is 1.32 bits per heavy atom. The second-order valence-corrected chi connectivity index (χ2v) is 5.78. The predicted octanol–water partition coefficient (Wildman–Crippen LogP) is 2.48. The van der Waals surface area contributed by atoms with Crippen molar-refractivity contribution in [2.45, 2.75) is 56.7 Å². The summed E-state index contributed by atoms with van der Waals surface area (Å²) in [6.45, 7) is -0.612. The number of nitrogens with zero attached hydrogens (tertiary/aromatic N) is 1. The zero-order valence-electron chi connectivity index (χ0n) is 10.9. The van der Waals surface area contributed by atoms with Gasteiger partial charge in [-0.1, -0.05) is 25.7 Å². The predicted molar refractivity (Wildman–Crippen MR) is 63.4 cm³/mol. The second kappa shape index (κ2) is 5.31. The molecular formula is C13H20F3NO2. The summed E-state index contributed by atoms with van der Waals surface area (Å²) in [6.07, 6.45) is 0.629. The van der Waals surface area contributed by atoms with Crippen molar-refractivity contribution >= 4 is 5.91 Å². The molecule has 2 fully saturated rings. The molecule has 0 aromatic carbocycles. The summed E-state index contributed by atoms with van der Waals surface area (Å²) in [4.78, 5) is 13.0. The molecule has 0 unspecified atom stereocenters. The van der Waals surface area contributed by atoms with Crippen LogP contribution in [-0.4, -0.2) is 40.8 Å². The van der Waals surface area contributed by atoms with E-state index in [0.29, 0.717) is 12.3 Å². The largest absolute Gasteiger partial charge is 0.419 e. The van der Waals surface area contributed by atoms with Crippen LogP contribution < -0.4 is 0 Å². The molecule has 0 radical (unpaired) electrons. The van der Waals surface area contributed by atoms with Crippen LogP contribution in [0.15, 0.2) is 0 Å². The first kappa shape index (κ1) is 14.6. The third kappa shape index (κ3) is 3.22. The summed E-state index contributed by atoms with van der Waals surface area (Å²) in [5, 5.41) is 9.51. The highest BCUT2D eigenvalue weighted by molar-refractivity contribution is 5.76. The van der Waals surface area contributed by atoms with Gasteiger partial charge in [0.1, 0.15) is 0 Å². The number of hydrogen-bond acceptors (Lipinski definition) is 2. The van der Waals surface area contributed by atoms with Gasteiger partial charge in [0.15, 0.2) is 5.60 Å². The normalized spacial score (nSPS) is 29.2. The lowest BCUT2D eigenvalue weighted by Crippen LogP contribution is -2.48. The number of halogens is 3. The maximum atomic E-state index is 12.6. The van der Waals surface area contributed by atoms with Gasteiger partial charge in [0, 0.05) is 19.4 Å². The van der Waals surface area contributed by atoms with Gasteiger partial charge in [0.2, 0.25) is 5.91 Å². The van der Waals surface area contributed by atoms with Gasteiger partial charge in [-0.05, 0) is 12.3 Å². The summed E-state index contributed by atoms with van der Waals surface area (Å²) in [5.74, 6) is 0.292. The molecule has 6 heteroatoms. The average molecular weight is 279 g/mol. The third-order valence-electron chi connectivity index (χ3n) is 4.37. The number of likely N-dealkylation sites (tertiary alicyclic amines) is 1. The monoisotopic (exact) mass is 279 g/mol. The van der Waals surface area contributed by atoms with Crippen LogP contribution in [0.4, 0.5) is 13.2 Å². The van der Waals surface area contributed by atoms with E-state index in [1.165, 1.54) is 12.8 Å². The van der Waals surface area contributed by atoms with E-state index in [1.54, 1.807) is 0 Å². The number of hydrogen-bond donors (Lipinski definition) is 1. The van der Waals surface area contributed by atoms with Gasteiger partial charge in [-0.2, -0.15) is 13.2 Å². The van der Waals surface area contributed by atoms with Crippen LogP contribution in [0.2, 0.25) is 0 Å². The van der Waals surface area contributed by atoms with Crippen molar-refractivity contribution in [3.05, 3.63) is 0 Å². The van der Waals surface area contributed by atoms with Crippen LogP contribution in [-0.2, 0) is 4.79 Å². The van der Waals surface area contributed by atoms with Crippen molar-refractivity contribution in [1.29, 1.82) is 0 Å². The van der Waals surface area contributed by atoms with Crippen molar-refractivity contribution in [2.24, 2.45) is 5.92 Å². The Morgan fingerprint density at radius 2 is 1.95 bits per heavy atom. The van der Waals surface area contributed by atoms with Gasteiger partial charge in [0.25, 0.3) is 0 Å². The highest BCUT2D eigenvalue weighted by Gasteiger charge is 2.57. The van der Waals surface area contributed by atoms with Crippen LogP contribution in [0.3, 0.4) is 0 Å². The van der Waals surface area contributed by atoms with Gasteiger partial charge >= 0.3 is 6.18 Å². The minimum absolute atomic E-state index is 0.000486. The van der Waals surface area contributed by atoms with E-state index in [-0.39, 0.29) is 12.5 Å².